The normalized spacial score (nSPS) is 15.9. The van der Waals surface area contributed by atoms with E-state index in [1.807, 2.05) is 6.20 Å². The molecule has 3 rings (SSSR count). The number of nitrogens with one attached hydrogen (secondary N) is 2. The zero-order valence-corrected chi connectivity index (χ0v) is 11.8. The van der Waals surface area contributed by atoms with E-state index in [0.29, 0.717) is 17.8 Å². The molecule has 0 bridgehead atoms. The third-order valence-corrected chi connectivity index (χ3v) is 3.31. The quantitative estimate of drug-likeness (QED) is 0.836. The molecule has 2 aromatic rings. The second kappa shape index (κ2) is 5.07. The Kier molecular flexibility index (Phi) is 3.25. The fourth-order valence-corrected chi connectivity index (χ4v) is 1.81. The summed E-state index contributed by atoms with van der Waals surface area (Å²) in [6, 6.07) is 0. The zero-order chi connectivity index (χ0) is 14.0. The summed E-state index contributed by atoms with van der Waals surface area (Å²) in [4.78, 5) is 17.3. The van der Waals surface area contributed by atoms with Crippen LogP contribution in [0.15, 0.2) is 18.7 Å². The Balaban J connectivity index is 1.90. The van der Waals surface area contributed by atoms with Gasteiger partial charge < -0.3 is 10.6 Å². The number of rotatable bonds is 6. The molecule has 2 aromatic heterocycles. The van der Waals surface area contributed by atoms with E-state index in [1.54, 1.807) is 17.1 Å². The average Bonchev–Trinajstić information content (AvgIpc) is 2.96. The van der Waals surface area contributed by atoms with Crippen molar-refractivity contribution < 1.29 is 0 Å². The van der Waals surface area contributed by atoms with Gasteiger partial charge in [0.25, 0.3) is 0 Å². The molecule has 1 saturated carbocycles. The van der Waals surface area contributed by atoms with Crippen molar-refractivity contribution >= 4 is 11.9 Å². The Morgan fingerprint density at radius 3 is 2.70 bits per heavy atom. The van der Waals surface area contributed by atoms with E-state index in [2.05, 4.69) is 44.4 Å². The smallest absolute Gasteiger partial charge is 0.241 e. The van der Waals surface area contributed by atoms with Crippen LogP contribution in [0.4, 0.5) is 11.9 Å². The highest BCUT2D eigenvalue weighted by molar-refractivity contribution is 5.41. The standard InChI is InChI=1S/C13H19N7/c1-3-6-15-10-16-11(19-13(2)4-5-13)18-12(17-10)20-8-7-14-9-20/h7-9H,3-6H2,1-2H3,(H2,15,16,17,18,19). The summed E-state index contributed by atoms with van der Waals surface area (Å²) in [6.45, 7) is 5.12. The molecular formula is C13H19N7. The van der Waals surface area contributed by atoms with Gasteiger partial charge in [0.2, 0.25) is 17.8 Å². The van der Waals surface area contributed by atoms with Crippen molar-refractivity contribution in [2.24, 2.45) is 0 Å². The van der Waals surface area contributed by atoms with E-state index < -0.39 is 0 Å². The van der Waals surface area contributed by atoms with E-state index in [-0.39, 0.29) is 5.54 Å². The van der Waals surface area contributed by atoms with Gasteiger partial charge in [-0.2, -0.15) is 15.0 Å². The maximum atomic E-state index is 4.46. The van der Waals surface area contributed by atoms with Gasteiger partial charge in [0.05, 0.1) is 0 Å². The summed E-state index contributed by atoms with van der Waals surface area (Å²) in [7, 11) is 0. The van der Waals surface area contributed by atoms with E-state index in [0.717, 1.165) is 25.8 Å². The minimum Gasteiger partial charge on any atom is -0.354 e. The monoisotopic (exact) mass is 273 g/mol. The van der Waals surface area contributed by atoms with Crippen LogP contribution in [0.5, 0.6) is 0 Å². The number of hydrogen-bond donors (Lipinski definition) is 2. The summed E-state index contributed by atoms with van der Waals surface area (Å²) in [5.74, 6) is 1.78. The highest BCUT2D eigenvalue weighted by Crippen LogP contribution is 2.37. The Hall–Kier alpha value is -2.18. The lowest BCUT2D eigenvalue weighted by Gasteiger charge is -2.13. The van der Waals surface area contributed by atoms with Crippen molar-refractivity contribution in [2.45, 2.75) is 38.6 Å². The van der Waals surface area contributed by atoms with Crippen LogP contribution in [0.25, 0.3) is 5.95 Å². The maximum Gasteiger partial charge on any atom is 0.241 e. The zero-order valence-electron chi connectivity index (χ0n) is 11.8. The lowest BCUT2D eigenvalue weighted by molar-refractivity contribution is 0.794. The molecule has 0 unspecified atom stereocenters. The van der Waals surface area contributed by atoms with Crippen molar-refractivity contribution in [1.29, 1.82) is 0 Å². The Labute approximate surface area is 117 Å². The van der Waals surface area contributed by atoms with Gasteiger partial charge in [-0.1, -0.05) is 6.92 Å². The highest BCUT2D eigenvalue weighted by atomic mass is 15.3. The molecule has 0 aliphatic heterocycles. The lowest BCUT2D eigenvalue weighted by atomic mass is 10.3. The van der Waals surface area contributed by atoms with Crippen molar-refractivity contribution in [2.75, 3.05) is 17.2 Å². The first-order valence-corrected chi connectivity index (χ1v) is 6.95. The predicted octanol–water partition coefficient (Wildman–Crippen LogP) is 1.84. The summed E-state index contributed by atoms with van der Waals surface area (Å²) in [5.41, 5.74) is 0.135. The third kappa shape index (κ3) is 2.87. The van der Waals surface area contributed by atoms with E-state index in [9.17, 15) is 0 Å². The number of hydrogen-bond acceptors (Lipinski definition) is 6. The maximum absolute atomic E-state index is 4.46. The van der Waals surface area contributed by atoms with Crippen molar-refractivity contribution in [3.8, 4) is 5.95 Å². The topological polar surface area (TPSA) is 80.5 Å². The second-order valence-electron chi connectivity index (χ2n) is 5.37. The van der Waals surface area contributed by atoms with Gasteiger partial charge in [-0.05, 0) is 26.2 Å². The van der Waals surface area contributed by atoms with Crippen LogP contribution in [0.1, 0.15) is 33.1 Å². The van der Waals surface area contributed by atoms with Gasteiger partial charge in [-0.15, -0.1) is 0 Å². The molecule has 0 amide bonds. The van der Waals surface area contributed by atoms with Gasteiger partial charge in [0, 0.05) is 24.5 Å². The molecule has 7 nitrogen and oxygen atoms in total. The fraction of sp³-hybridized carbons (Fsp3) is 0.538. The van der Waals surface area contributed by atoms with Crippen LogP contribution in [0.2, 0.25) is 0 Å². The summed E-state index contributed by atoms with van der Waals surface area (Å²) < 4.78 is 1.78. The van der Waals surface area contributed by atoms with E-state index >= 15 is 0 Å². The molecule has 0 aromatic carbocycles. The third-order valence-electron chi connectivity index (χ3n) is 3.31. The average molecular weight is 273 g/mol. The van der Waals surface area contributed by atoms with Crippen molar-refractivity contribution in [3.05, 3.63) is 18.7 Å². The first-order chi connectivity index (χ1) is 9.68. The summed E-state index contributed by atoms with van der Waals surface area (Å²) >= 11 is 0. The number of nitrogens with zero attached hydrogens (tertiary/aromatic N) is 5. The van der Waals surface area contributed by atoms with Crippen LogP contribution in [-0.2, 0) is 0 Å². The Bertz CT molecular complexity index is 574. The second-order valence-corrected chi connectivity index (χ2v) is 5.37. The minimum absolute atomic E-state index is 0.135. The molecule has 106 valence electrons. The largest absolute Gasteiger partial charge is 0.354 e. The Morgan fingerprint density at radius 2 is 2.05 bits per heavy atom. The molecule has 7 heteroatoms. The molecule has 0 radical (unpaired) electrons. The first-order valence-electron chi connectivity index (χ1n) is 6.95. The van der Waals surface area contributed by atoms with Gasteiger partial charge >= 0.3 is 0 Å². The highest BCUT2D eigenvalue weighted by Gasteiger charge is 2.38. The number of imidazole rings is 1. The Morgan fingerprint density at radius 1 is 1.25 bits per heavy atom. The minimum atomic E-state index is 0.135. The molecule has 20 heavy (non-hydrogen) atoms. The van der Waals surface area contributed by atoms with Crippen LogP contribution in [0, 0.1) is 0 Å². The summed E-state index contributed by atoms with van der Waals surface area (Å²) in [5, 5.41) is 6.58. The van der Waals surface area contributed by atoms with Crippen LogP contribution in [0.3, 0.4) is 0 Å². The van der Waals surface area contributed by atoms with Crippen molar-refractivity contribution in [3.63, 3.8) is 0 Å². The molecule has 1 fully saturated rings. The lowest BCUT2D eigenvalue weighted by Crippen LogP contribution is -2.20. The van der Waals surface area contributed by atoms with Gasteiger partial charge in [-0.3, -0.25) is 4.57 Å². The molecule has 0 atom stereocenters. The predicted molar refractivity (Wildman–Crippen MR) is 77.0 cm³/mol. The SMILES string of the molecule is CCCNc1nc(NC2(C)CC2)nc(-n2ccnc2)n1. The first kappa shape index (κ1) is 12.8. The van der Waals surface area contributed by atoms with Gasteiger partial charge in [0.1, 0.15) is 6.33 Å². The molecule has 1 aliphatic carbocycles. The number of anilines is 2. The van der Waals surface area contributed by atoms with Gasteiger partial charge in [0.15, 0.2) is 0 Å². The van der Waals surface area contributed by atoms with Crippen LogP contribution >= 0.6 is 0 Å². The molecule has 2 heterocycles. The van der Waals surface area contributed by atoms with Crippen LogP contribution < -0.4 is 10.6 Å². The van der Waals surface area contributed by atoms with Gasteiger partial charge in [-0.25, -0.2) is 4.98 Å². The molecule has 1 aliphatic rings. The van der Waals surface area contributed by atoms with Crippen LogP contribution in [-0.4, -0.2) is 36.6 Å². The van der Waals surface area contributed by atoms with E-state index in [4.69, 9.17) is 0 Å². The molecule has 0 spiro atoms. The summed E-state index contributed by atoms with van der Waals surface area (Å²) in [6.07, 6.45) is 8.53. The molecule has 2 N–H and O–H groups in total. The molecular weight excluding hydrogens is 254 g/mol. The number of aromatic nitrogens is 5. The fourth-order valence-electron chi connectivity index (χ4n) is 1.81. The molecule has 0 saturated heterocycles. The van der Waals surface area contributed by atoms with Crippen molar-refractivity contribution in [1.82, 2.24) is 24.5 Å². The van der Waals surface area contributed by atoms with E-state index in [1.165, 1.54) is 0 Å².